The van der Waals surface area contributed by atoms with Gasteiger partial charge in [-0.3, -0.25) is 14.4 Å². The normalized spacial score (nSPS) is 12.7. The first-order chi connectivity index (χ1) is 26.8. The minimum atomic E-state index is -0.345. The SMILES string of the molecule is CCCCCCCCC(CCCCCC)C(=O)OCCCCCCN(CCCCCC(=O)OC(=O)C(CCCCCC)CCCCCCCC)CCN(C)C. The zero-order valence-electron chi connectivity index (χ0n) is 37.8. The van der Waals surface area contributed by atoms with Crippen LogP contribution < -0.4 is 0 Å². The molecule has 0 rings (SSSR count). The molecule has 7 nitrogen and oxygen atoms in total. The molecule has 0 amide bonds. The van der Waals surface area contributed by atoms with Crippen LogP contribution in [0.15, 0.2) is 0 Å². The molecule has 55 heavy (non-hydrogen) atoms. The van der Waals surface area contributed by atoms with Gasteiger partial charge in [0.05, 0.1) is 18.4 Å². The molecule has 0 heterocycles. The summed E-state index contributed by atoms with van der Waals surface area (Å²) in [6.45, 7) is 13.6. The molecular weight excluding hydrogens is 685 g/mol. The van der Waals surface area contributed by atoms with E-state index in [1.54, 1.807) is 0 Å². The lowest BCUT2D eigenvalue weighted by atomic mass is 9.94. The first-order valence-electron chi connectivity index (χ1n) is 24.1. The van der Waals surface area contributed by atoms with Gasteiger partial charge in [0, 0.05) is 19.5 Å². The number of carbonyl (C=O) groups is 3. The van der Waals surface area contributed by atoms with Crippen LogP contribution in [0.5, 0.6) is 0 Å². The Morgan fingerprint density at radius 1 is 0.418 bits per heavy atom. The van der Waals surface area contributed by atoms with Gasteiger partial charge < -0.3 is 19.3 Å². The molecule has 0 aromatic rings. The molecule has 0 aliphatic carbocycles. The fourth-order valence-corrected chi connectivity index (χ4v) is 7.52. The van der Waals surface area contributed by atoms with Crippen LogP contribution >= 0.6 is 0 Å². The van der Waals surface area contributed by atoms with Crippen molar-refractivity contribution in [3.63, 3.8) is 0 Å². The summed E-state index contributed by atoms with van der Waals surface area (Å²) in [6, 6.07) is 0. The highest BCUT2D eigenvalue weighted by Gasteiger charge is 2.22. The summed E-state index contributed by atoms with van der Waals surface area (Å²) in [4.78, 5) is 43.4. The van der Waals surface area contributed by atoms with Gasteiger partial charge in [-0.05, 0) is 78.6 Å². The number of hydrogen-bond acceptors (Lipinski definition) is 7. The number of rotatable bonds is 42. The summed E-state index contributed by atoms with van der Waals surface area (Å²) in [6.07, 6.45) is 35.3. The Hall–Kier alpha value is -1.47. The van der Waals surface area contributed by atoms with Crippen molar-refractivity contribution in [3.05, 3.63) is 0 Å². The largest absolute Gasteiger partial charge is 0.465 e. The predicted molar refractivity (Wildman–Crippen MR) is 234 cm³/mol. The van der Waals surface area contributed by atoms with Crippen LogP contribution in [0.4, 0.5) is 0 Å². The van der Waals surface area contributed by atoms with E-state index in [1.165, 1.54) is 89.9 Å². The monoisotopic (exact) mass is 779 g/mol. The average molecular weight is 779 g/mol. The third-order valence-electron chi connectivity index (χ3n) is 11.3. The Labute approximate surface area is 342 Å². The highest BCUT2D eigenvalue weighted by atomic mass is 16.6. The molecule has 0 aromatic carbocycles. The minimum absolute atomic E-state index is 0.0466. The Kier molecular flexibility index (Phi) is 39.6. The topological polar surface area (TPSA) is 76.1 Å². The van der Waals surface area contributed by atoms with E-state index in [1.807, 2.05) is 0 Å². The summed E-state index contributed by atoms with van der Waals surface area (Å²) < 4.78 is 11.2. The van der Waals surface area contributed by atoms with E-state index in [0.29, 0.717) is 13.0 Å². The van der Waals surface area contributed by atoms with E-state index >= 15 is 0 Å². The standard InChI is InChI=1S/C48H94N2O5/c1-7-11-15-19-21-28-35-44(34-26-17-13-9-3)47(52)54-43-33-24-23-31-39-50(42-41-49(5)6)40-32-25-30-38-46(51)55-48(53)45(36-27-18-14-10-4)37-29-22-20-16-12-8-2/h44-45H,7-43H2,1-6H3. The van der Waals surface area contributed by atoms with Crippen molar-refractivity contribution in [1.29, 1.82) is 0 Å². The number of likely N-dealkylation sites (N-methyl/N-ethyl adjacent to an activating group) is 1. The van der Waals surface area contributed by atoms with Gasteiger partial charge in [-0.25, -0.2) is 0 Å². The lowest BCUT2D eigenvalue weighted by molar-refractivity contribution is -0.163. The first kappa shape index (κ1) is 53.5. The van der Waals surface area contributed by atoms with Gasteiger partial charge in [-0.1, -0.05) is 175 Å². The zero-order chi connectivity index (χ0) is 40.6. The molecule has 0 aromatic heterocycles. The lowest BCUT2D eigenvalue weighted by Gasteiger charge is -2.24. The second-order valence-corrected chi connectivity index (χ2v) is 17.0. The van der Waals surface area contributed by atoms with Gasteiger partial charge in [0.25, 0.3) is 0 Å². The van der Waals surface area contributed by atoms with Crippen molar-refractivity contribution in [2.45, 2.75) is 233 Å². The summed E-state index contributed by atoms with van der Waals surface area (Å²) in [7, 11) is 4.25. The molecule has 2 unspecified atom stereocenters. The predicted octanol–water partition coefficient (Wildman–Crippen LogP) is 13.3. The van der Waals surface area contributed by atoms with Crippen molar-refractivity contribution >= 4 is 17.9 Å². The van der Waals surface area contributed by atoms with Crippen LogP contribution in [-0.4, -0.2) is 74.6 Å². The number of hydrogen-bond donors (Lipinski definition) is 0. The van der Waals surface area contributed by atoms with E-state index in [9.17, 15) is 14.4 Å². The number of unbranched alkanes of at least 4 members (excludes halogenated alkanes) is 21. The Morgan fingerprint density at radius 3 is 1.27 bits per heavy atom. The molecule has 0 aliphatic heterocycles. The van der Waals surface area contributed by atoms with Crippen LogP contribution in [0.3, 0.4) is 0 Å². The fourth-order valence-electron chi connectivity index (χ4n) is 7.52. The zero-order valence-corrected chi connectivity index (χ0v) is 37.8. The van der Waals surface area contributed by atoms with E-state index in [2.05, 4.69) is 51.6 Å². The van der Waals surface area contributed by atoms with Crippen molar-refractivity contribution in [3.8, 4) is 0 Å². The maximum atomic E-state index is 13.0. The molecule has 0 radical (unpaired) electrons. The molecule has 326 valence electrons. The fraction of sp³-hybridized carbons (Fsp3) is 0.938. The van der Waals surface area contributed by atoms with Gasteiger partial charge in [-0.2, -0.15) is 0 Å². The van der Waals surface area contributed by atoms with Crippen LogP contribution in [0, 0.1) is 11.8 Å². The van der Waals surface area contributed by atoms with E-state index < -0.39 is 0 Å². The third-order valence-corrected chi connectivity index (χ3v) is 11.3. The molecule has 2 atom stereocenters. The van der Waals surface area contributed by atoms with Crippen LogP contribution in [0.2, 0.25) is 0 Å². The smallest absolute Gasteiger partial charge is 0.316 e. The van der Waals surface area contributed by atoms with Crippen LogP contribution in [0.1, 0.15) is 233 Å². The van der Waals surface area contributed by atoms with Crippen molar-refractivity contribution in [2.24, 2.45) is 11.8 Å². The van der Waals surface area contributed by atoms with Crippen molar-refractivity contribution in [1.82, 2.24) is 9.80 Å². The Balaban J connectivity index is 4.48. The number of carbonyl (C=O) groups excluding carboxylic acids is 3. The summed E-state index contributed by atoms with van der Waals surface area (Å²) in [5, 5.41) is 0. The average Bonchev–Trinajstić information content (AvgIpc) is 3.16. The minimum Gasteiger partial charge on any atom is -0.465 e. The maximum Gasteiger partial charge on any atom is 0.316 e. The van der Waals surface area contributed by atoms with Crippen molar-refractivity contribution in [2.75, 3.05) is 46.9 Å². The quantitative estimate of drug-likeness (QED) is 0.0347. The summed E-state index contributed by atoms with van der Waals surface area (Å²) in [5.74, 6) is -0.635. The lowest BCUT2D eigenvalue weighted by Crippen LogP contribution is -2.33. The van der Waals surface area contributed by atoms with Gasteiger partial charge in [-0.15, -0.1) is 0 Å². The van der Waals surface area contributed by atoms with Crippen LogP contribution in [-0.2, 0) is 23.9 Å². The molecule has 0 spiro atoms. The van der Waals surface area contributed by atoms with E-state index in [4.69, 9.17) is 9.47 Å². The number of nitrogens with zero attached hydrogens (tertiary/aromatic N) is 2. The molecule has 0 saturated heterocycles. The van der Waals surface area contributed by atoms with E-state index in [0.717, 1.165) is 135 Å². The summed E-state index contributed by atoms with van der Waals surface area (Å²) >= 11 is 0. The van der Waals surface area contributed by atoms with Crippen molar-refractivity contribution < 1.29 is 23.9 Å². The highest BCUT2D eigenvalue weighted by molar-refractivity contribution is 5.86. The number of ether oxygens (including phenoxy) is 2. The van der Waals surface area contributed by atoms with Gasteiger partial charge >= 0.3 is 17.9 Å². The van der Waals surface area contributed by atoms with Gasteiger partial charge in [0.15, 0.2) is 0 Å². The molecule has 7 heteroatoms. The molecular formula is C48H94N2O5. The molecule has 0 saturated carbocycles. The summed E-state index contributed by atoms with van der Waals surface area (Å²) in [5.41, 5.74) is 0. The Morgan fingerprint density at radius 2 is 0.800 bits per heavy atom. The second kappa shape index (κ2) is 40.7. The molecule has 0 fully saturated rings. The second-order valence-electron chi connectivity index (χ2n) is 17.0. The third kappa shape index (κ3) is 35.4. The highest BCUT2D eigenvalue weighted by Crippen LogP contribution is 2.22. The molecule has 0 N–H and O–H groups in total. The van der Waals surface area contributed by atoms with Crippen LogP contribution in [0.25, 0.3) is 0 Å². The van der Waals surface area contributed by atoms with Gasteiger partial charge in [0.1, 0.15) is 0 Å². The van der Waals surface area contributed by atoms with Gasteiger partial charge in [0.2, 0.25) is 0 Å². The first-order valence-corrected chi connectivity index (χ1v) is 24.1. The Bertz CT molecular complexity index is 865. The molecule has 0 aliphatic rings. The van der Waals surface area contributed by atoms with E-state index in [-0.39, 0.29) is 29.7 Å². The number of esters is 3. The molecule has 0 bridgehead atoms. The maximum absolute atomic E-state index is 13.0.